The Labute approximate surface area is 139 Å². The Morgan fingerprint density at radius 3 is 2.59 bits per heavy atom. The van der Waals surface area contributed by atoms with Crippen molar-refractivity contribution in [2.45, 2.75) is 37.1 Å². The number of carbonyl (C=O) groups excluding carboxylic acids is 1. The second-order valence-electron chi connectivity index (χ2n) is 6.17. The van der Waals surface area contributed by atoms with Crippen LogP contribution in [0.2, 0.25) is 0 Å². The second-order valence-corrected chi connectivity index (χ2v) is 10.9. The average Bonchev–Trinajstić information content (AvgIpc) is 2.45. The fourth-order valence-electron chi connectivity index (χ4n) is 1.42. The van der Waals surface area contributed by atoms with Crippen LogP contribution < -0.4 is 0 Å². The maximum atomic E-state index is 11.1. The van der Waals surface area contributed by atoms with Crippen LogP contribution in [-0.4, -0.2) is 46.4 Å². The third-order valence-electron chi connectivity index (χ3n) is 3.55. The molecule has 6 heteroatoms. The van der Waals surface area contributed by atoms with Crippen molar-refractivity contribution in [3.05, 3.63) is 23.5 Å². The Hall–Kier alpha value is -0.850. The van der Waals surface area contributed by atoms with Crippen LogP contribution >= 0.6 is 22.1 Å². The van der Waals surface area contributed by atoms with E-state index in [0.29, 0.717) is 17.5 Å². The first kappa shape index (κ1) is 19.2. The van der Waals surface area contributed by atoms with Crippen LogP contribution in [0.15, 0.2) is 17.4 Å². The Morgan fingerprint density at radius 1 is 1.36 bits per heavy atom. The lowest BCUT2D eigenvalue weighted by atomic mass is 10.2. The van der Waals surface area contributed by atoms with Gasteiger partial charge in [-0.3, -0.25) is 4.79 Å². The summed E-state index contributed by atoms with van der Waals surface area (Å²) >= 11 is 1.42. The van der Waals surface area contributed by atoms with E-state index in [9.17, 15) is 4.79 Å². The van der Waals surface area contributed by atoms with Crippen LogP contribution in [0.1, 0.15) is 43.2 Å². The van der Waals surface area contributed by atoms with Gasteiger partial charge in [0.25, 0.3) is 0 Å². The summed E-state index contributed by atoms with van der Waals surface area (Å²) in [6.07, 6.45) is 13.4. The summed E-state index contributed by atoms with van der Waals surface area (Å²) < 4.78 is 6.22. The van der Waals surface area contributed by atoms with Gasteiger partial charge in [0.05, 0.1) is 6.61 Å². The van der Waals surface area contributed by atoms with Gasteiger partial charge in [0.2, 0.25) is 0 Å². The molecule has 0 unspecified atom stereocenters. The molecule has 1 rings (SSSR count). The van der Waals surface area contributed by atoms with Crippen LogP contribution in [0.25, 0.3) is 6.08 Å². The number of thioether (sulfide) groups is 1. The molecule has 0 atom stereocenters. The average molecular weight is 343 g/mol. The first-order chi connectivity index (χ1) is 10.2. The summed E-state index contributed by atoms with van der Waals surface area (Å²) in [7, 11) is -1.08. The highest BCUT2D eigenvalue weighted by Crippen LogP contribution is 2.53. The van der Waals surface area contributed by atoms with E-state index in [-0.39, 0.29) is 4.75 Å². The Morgan fingerprint density at radius 2 is 2.05 bits per heavy atom. The van der Waals surface area contributed by atoms with E-state index in [1.54, 1.807) is 6.20 Å². The number of nitrogens with zero attached hydrogens (tertiary/aromatic N) is 2. The van der Waals surface area contributed by atoms with Crippen LogP contribution in [0.3, 0.4) is 0 Å². The molecule has 0 saturated carbocycles. The molecule has 1 aromatic rings. The van der Waals surface area contributed by atoms with E-state index < -0.39 is 10.3 Å². The van der Waals surface area contributed by atoms with Crippen molar-refractivity contribution in [2.24, 2.45) is 0 Å². The Kier molecular flexibility index (Phi) is 7.09. The fraction of sp³-hybridized carbons (Fsp3) is 0.562. The molecule has 0 aromatic carbocycles. The van der Waals surface area contributed by atoms with E-state index in [2.05, 4.69) is 43.3 Å². The van der Waals surface area contributed by atoms with Crippen LogP contribution in [-0.2, 0) is 4.18 Å². The van der Waals surface area contributed by atoms with Crippen LogP contribution in [0.4, 0.5) is 0 Å². The molecule has 1 aromatic heterocycles. The molecule has 0 saturated heterocycles. The molecule has 22 heavy (non-hydrogen) atoms. The predicted molar refractivity (Wildman–Crippen MR) is 98.0 cm³/mol. The van der Waals surface area contributed by atoms with Crippen molar-refractivity contribution in [1.29, 1.82) is 0 Å². The number of carbonyl (C=O) groups is 1. The summed E-state index contributed by atoms with van der Waals surface area (Å²) in [4.78, 5) is 19.4. The minimum Gasteiger partial charge on any atom is -0.336 e. The van der Waals surface area contributed by atoms with Crippen molar-refractivity contribution in [1.82, 2.24) is 9.97 Å². The number of aldehydes is 1. The lowest BCUT2D eigenvalue weighted by Crippen LogP contribution is -2.25. The van der Waals surface area contributed by atoms with Gasteiger partial charge in [-0.25, -0.2) is 9.97 Å². The molecule has 0 fully saturated rings. The molecule has 1 heterocycles. The smallest absolute Gasteiger partial charge is 0.187 e. The van der Waals surface area contributed by atoms with E-state index in [1.165, 1.54) is 11.8 Å². The molecule has 0 bridgehead atoms. The zero-order valence-corrected chi connectivity index (χ0v) is 15.9. The van der Waals surface area contributed by atoms with Crippen molar-refractivity contribution in [3.8, 4) is 0 Å². The first-order valence-electron chi connectivity index (χ1n) is 7.11. The minimum absolute atomic E-state index is 0.170. The normalized spacial score (nSPS) is 13.5. The molecule has 0 spiro atoms. The van der Waals surface area contributed by atoms with Gasteiger partial charge in [-0.05, 0) is 25.2 Å². The molecule has 0 aliphatic heterocycles. The number of aromatic nitrogens is 2. The van der Waals surface area contributed by atoms with Gasteiger partial charge in [0.15, 0.2) is 11.4 Å². The zero-order chi connectivity index (χ0) is 16.8. The summed E-state index contributed by atoms with van der Waals surface area (Å²) in [5, 5.41) is 0.609. The van der Waals surface area contributed by atoms with E-state index in [0.717, 1.165) is 18.3 Å². The number of hydrogen-bond donors (Lipinski definition) is 0. The van der Waals surface area contributed by atoms with Gasteiger partial charge in [-0.2, -0.15) is 0 Å². The largest absolute Gasteiger partial charge is 0.336 e. The monoisotopic (exact) mass is 342 g/mol. The molecule has 0 amide bonds. The maximum Gasteiger partial charge on any atom is 0.187 e. The third kappa shape index (κ3) is 5.41. The number of rotatable bonds is 7. The van der Waals surface area contributed by atoms with Gasteiger partial charge in [-0.1, -0.05) is 44.7 Å². The lowest BCUT2D eigenvalue weighted by Gasteiger charge is -2.43. The zero-order valence-electron chi connectivity index (χ0n) is 14.3. The second kappa shape index (κ2) is 8.13. The molecule has 4 nitrogen and oxygen atoms in total. The molecule has 0 N–H and O–H groups in total. The highest BCUT2D eigenvalue weighted by Gasteiger charge is 2.28. The number of hydrogen-bond acceptors (Lipinski definition) is 5. The summed E-state index contributed by atoms with van der Waals surface area (Å²) in [5.74, 6) is 0. The van der Waals surface area contributed by atoms with Gasteiger partial charge >= 0.3 is 0 Å². The highest BCUT2D eigenvalue weighted by molar-refractivity contribution is 8.29. The van der Waals surface area contributed by atoms with Crippen molar-refractivity contribution >= 4 is 34.4 Å². The quantitative estimate of drug-likeness (QED) is 0.321. The van der Waals surface area contributed by atoms with Crippen LogP contribution in [0, 0.1) is 0 Å². The van der Waals surface area contributed by atoms with Gasteiger partial charge < -0.3 is 4.18 Å². The Balaban J connectivity index is 2.59. The lowest BCUT2D eigenvalue weighted by molar-refractivity contribution is 0.111. The SMILES string of the molecule is CSc1ncc(/C=C/CCOS(C)(C)C(C)(C)C)c(C=O)n1. The molecule has 0 radical (unpaired) electrons. The minimum atomic E-state index is -1.08. The fourth-order valence-corrected chi connectivity index (χ4v) is 2.63. The Bertz CT molecular complexity index is 537. The predicted octanol–water partition coefficient (Wildman–Crippen LogP) is 4.21. The van der Waals surface area contributed by atoms with Crippen molar-refractivity contribution < 1.29 is 8.98 Å². The van der Waals surface area contributed by atoms with E-state index >= 15 is 0 Å². The highest BCUT2D eigenvalue weighted by atomic mass is 32.3. The standard InChI is InChI=1S/C16H26N2O2S2/c1-16(2,3)22(5,6)20-10-8-7-9-13-11-17-15(21-4)18-14(13)12-19/h7,9,11-12H,8,10H2,1-6H3/b9-7+. The van der Waals surface area contributed by atoms with Crippen molar-refractivity contribution in [2.75, 3.05) is 25.4 Å². The third-order valence-corrected chi connectivity index (χ3v) is 7.82. The molecule has 0 aliphatic rings. The molecule has 124 valence electrons. The van der Waals surface area contributed by atoms with E-state index in [4.69, 9.17) is 4.18 Å². The molecular formula is C16H26N2O2S2. The van der Waals surface area contributed by atoms with Gasteiger partial charge in [0.1, 0.15) is 5.69 Å². The topological polar surface area (TPSA) is 52.1 Å². The van der Waals surface area contributed by atoms with Gasteiger partial charge in [0, 0.05) is 16.5 Å². The molecule has 0 aliphatic carbocycles. The molecular weight excluding hydrogens is 316 g/mol. The van der Waals surface area contributed by atoms with Crippen LogP contribution in [0.5, 0.6) is 0 Å². The summed E-state index contributed by atoms with van der Waals surface area (Å²) in [6, 6.07) is 0. The van der Waals surface area contributed by atoms with Gasteiger partial charge in [-0.15, -0.1) is 10.3 Å². The summed E-state index contributed by atoms with van der Waals surface area (Å²) in [5.41, 5.74) is 1.17. The van der Waals surface area contributed by atoms with Crippen molar-refractivity contribution in [3.63, 3.8) is 0 Å². The first-order valence-corrected chi connectivity index (χ1v) is 10.7. The maximum absolute atomic E-state index is 11.1. The van der Waals surface area contributed by atoms with E-state index in [1.807, 2.05) is 18.4 Å². The summed E-state index contributed by atoms with van der Waals surface area (Å²) in [6.45, 7) is 7.30.